The fourth-order valence-corrected chi connectivity index (χ4v) is 5.31. The summed E-state index contributed by atoms with van der Waals surface area (Å²) in [4.78, 5) is 35.1. The van der Waals surface area contributed by atoms with Gasteiger partial charge in [0.15, 0.2) is 5.13 Å². The van der Waals surface area contributed by atoms with Crippen LogP contribution in [0.5, 0.6) is 0 Å². The highest BCUT2D eigenvalue weighted by atomic mass is 32.1. The Hall–Kier alpha value is -1.47. The molecule has 3 aliphatic rings. The smallest absolute Gasteiger partial charge is 0.232 e. The van der Waals surface area contributed by atoms with E-state index in [9.17, 15) is 9.59 Å². The number of anilines is 1. The Bertz CT molecular complexity index is 690. The molecule has 1 atom stereocenters. The van der Waals surface area contributed by atoms with E-state index in [1.54, 1.807) is 11.3 Å². The van der Waals surface area contributed by atoms with Crippen molar-refractivity contribution in [3.8, 4) is 0 Å². The van der Waals surface area contributed by atoms with Gasteiger partial charge in [-0.1, -0.05) is 6.92 Å². The van der Waals surface area contributed by atoms with Crippen LogP contribution in [0.4, 0.5) is 5.13 Å². The number of aryl methyl sites for hydroxylation is 1. The normalized spacial score (nSPS) is 24.8. The molecular formula is C19H28N4O2S. The summed E-state index contributed by atoms with van der Waals surface area (Å²) < 4.78 is 0. The number of piperidine rings is 1. The van der Waals surface area contributed by atoms with E-state index in [-0.39, 0.29) is 23.7 Å². The number of fused-ring (bicyclic) bond motifs is 1. The predicted molar refractivity (Wildman–Crippen MR) is 102 cm³/mol. The predicted octanol–water partition coefficient (Wildman–Crippen LogP) is 2.01. The lowest BCUT2D eigenvalue weighted by atomic mass is 9.91. The van der Waals surface area contributed by atoms with Crippen molar-refractivity contribution in [2.45, 2.75) is 39.0 Å². The number of thiazole rings is 1. The number of nitrogens with zero attached hydrogens (tertiary/aromatic N) is 3. The number of aromatic nitrogens is 1. The van der Waals surface area contributed by atoms with Gasteiger partial charge < -0.3 is 15.1 Å². The van der Waals surface area contributed by atoms with Crippen LogP contribution in [0, 0.1) is 17.8 Å². The third kappa shape index (κ3) is 3.64. The van der Waals surface area contributed by atoms with Gasteiger partial charge in [0.05, 0.1) is 11.6 Å². The molecule has 2 fully saturated rings. The van der Waals surface area contributed by atoms with Gasteiger partial charge in [-0.3, -0.25) is 9.59 Å². The summed E-state index contributed by atoms with van der Waals surface area (Å²) in [6.07, 6.45) is 5.15. The second-order valence-corrected chi connectivity index (χ2v) is 9.33. The fourth-order valence-electron chi connectivity index (χ4n) is 4.14. The molecule has 26 heavy (non-hydrogen) atoms. The molecule has 0 bridgehead atoms. The molecule has 2 amide bonds. The average molecular weight is 377 g/mol. The van der Waals surface area contributed by atoms with Crippen molar-refractivity contribution in [1.82, 2.24) is 14.8 Å². The molecule has 2 aliphatic heterocycles. The molecule has 2 saturated heterocycles. The van der Waals surface area contributed by atoms with Crippen LogP contribution in [-0.2, 0) is 22.4 Å². The molecular weight excluding hydrogens is 348 g/mol. The number of hydrogen-bond donors (Lipinski definition) is 1. The zero-order valence-corrected chi connectivity index (χ0v) is 16.5. The van der Waals surface area contributed by atoms with Gasteiger partial charge in [-0.15, -0.1) is 11.3 Å². The first-order valence-electron chi connectivity index (χ1n) is 9.76. The van der Waals surface area contributed by atoms with Crippen molar-refractivity contribution >= 4 is 28.3 Å². The van der Waals surface area contributed by atoms with E-state index in [2.05, 4.69) is 29.2 Å². The molecule has 1 aromatic heterocycles. The van der Waals surface area contributed by atoms with E-state index < -0.39 is 0 Å². The summed E-state index contributed by atoms with van der Waals surface area (Å²) in [6, 6.07) is 0. The van der Waals surface area contributed by atoms with Gasteiger partial charge in [-0.25, -0.2) is 4.98 Å². The minimum Gasteiger partial charge on any atom is -0.341 e. The number of likely N-dealkylation sites (tertiary alicyclic amines) is 2. The van der Waals surface area contributed by atoms with E-state index in [0.29, 0.717) is 19.0 Å². The van der Waals surface area contributed by atoms with E-state index in [1.807, 2.05) is 4.90 Å². The summed E-state index contributed by atoms with van der Waals surface area (Å²) in [6.45, 7) is 5.35. The van der Waals surface area contributed by atoms with E-state index in [1.165, 1.54) is 11.3 Å². The maximum atomic E-state index is 12.5. The van der Waals surface area contributed by atoms with Gasteiger partial charge in [0, 0.05) is 23.9 Å². The summed E-state index contributed by atoms with van der Waals surface area (Å²) in [5.74, 6) is 1.00. The van der Waals surface area contributed by atoms with Crippen molar-refractivity contribution in [2.75, 3.05) is 38.5 Å². The molecule has 7 heteroatoms. The van der Waals surface area contributed by atoms with Crippen molar-refractivity contribution in [2.24, 2.45) is 17.8 Å². The summed E-state index contributed by atoms with van der Waals surface area (Å²) in [5, 5.41) is 3.72. The topological polar surface area (TPSA) is 65.5 Å². The Morgan fingerprint density at radius 1 is 1.15 bits per heavy atom. The molecule has 3 heterocycles. The van der Waals surface area contributed by atoms with Crippen molar-refractivity contribution in [3.63, 3.8) is 0 Å². The summed E-state index contributed by atoms with van der Waals surface area (Å²) in [7, 11) is 2.10. The van der Waals surface area contributed by atoms with Crippen LogP contribution >= 0.6 is 11.3 Å². The van der Waals surface area contributed by atoms with Gasteiger partial charge in [0.1, 0.15) is 0 Å². The molecule has 4 rings (SSSR count). The Kier molecular flexibility index (Phi) is 5.01. The standard InChI is InChI=1S/C19H28N4O2S/c1-12-3-4-15-16(9-12)26-19(20-15)21-17(24)14-10-23(11-14)18(25)13-5-7-22(2)8-6-13/h12-14H,3-11H2,1-2H3,(H,20,21,24)/t12-/m1/s1. The van der Waals surface area contributed by atoms with Crippen LogP contribution in [0.25, 0.3) is 0 Å². The van der Waals surface area contributed by atoms with Crippen molar-refractivity contribution in [1.29, 1.82) is 0 Å². The van der Waals surface area contributed by atoms with Crippen LogP contribution in [0.1, 0.15) is 36.8 Å². The van der Waals surface area contributed by atoms with Gasteiger partial charge in [0.25, 0.3) is 0 Å². The highest BCUT2D eigenvalue weighted by Gasteiger charge is 2.39. The monoisotopic (exact) mass is 376 g/mol. The SMILES string of the molecule is C[C@@H]1CCc2nc(NC(=O)C3CN(C(=O)C4CCN(C)CC4)C3)sc2C1. The van der Waals surface area contributed by atoms with Crippen LogP contribution in [0.15, 0.2) is 0 Å². The zero-order valence-electron chi connectivity index (χ0n) is 15.7. The minimum atomic E-state index is -0.0925. The van der Waals surface area contributed by atoms with Gasteiger partial charge in [-0.05, 0) is 58.2 Å². The van der Waals surface area contributed by atoms with Crippen LogP contribution < -0.4 is 5.32 Å². The molecule has 1 N–H and O–H groups in total. The van der Waals surface area contributed by atoms with E-state index in [4.69, 9.17) is 0 Å². The molecule has 0 unspecified atom stereocenters. The lowest BCUT2D eigenvalue weighted by molar-refractivity contribution is -0.146. The third-order valence-electron chi connectivity index (χ3n) is 6.05. The second-order valence-electron chi connectivity index (χ2n) is 8.24. The second kappa shape index (κ2) is 7.27. The van der Waals surface area contributed by atoms with Gasteiger partial charge >= 0.3 is 0 Å². The van der Waals surface area contributed by atoms with E-state index >= 15 is 0 Å². The third-order valence-corrected chi connectivity index (χ3v) is 7.08. The Morgan fingerprint density at radius 3 is 2.62 bits per heavy atom. The number of rotatable bonds is 3. The minimum absolute atomic E-state index is 0.0107. The Labute approximate surface area is 159 Å². The quantitative estimate of drug-likeness (QED) is 0.876. The summed E-state index contributed by atoms with van der Waals surface area (Å²) >= 11 is 1.62. The molecule has 6 nitrogen and oxygen atoms in total. The molecule has 0 radical (unpaired) electrons. The average Bonchev–Trinajstić information content (AvgIpc) is 2.95. The first kappa shape index (κ1) is 17.9. The van der Waals surface area contributed by atoms with Crippen molar-refractivity contribution in [3.05, 3.63) is 10.6 Å². The Morgan fingerprint density at radius 2 is 1.88 bits per heavy atom. The summed E-state index contributed by atoms with van der Waals surface area (Å²) in [5.41, 5.74) is 1.16. The van der Waals surface area contributed by atoms with Crippen LogP contribution in [0.2, 0.25) is 0 Å². The number of carbonyl (C=O) groups is 2. The molecule has 1 aliphatic carbocycles. The van der Waals surface area contributed by atoms with Crippen LogP contribution in [0.3, 0.4) is 0 Å². The van der Waals surface area contributed by atoms with E-state index in [0.717, 1.165) is 49.6 Å². The number of hydrogen-bond acceptors (Lipinski definition) is 5. The largest absolute Gasteiger partial charge is 0.341 e. The fraction of sp³-hybridized carbons (Fsp3) is 0.737. The highest BCUT2D eigenvalue weighted by molar-refractivity contribution is 7.15. The zero-order chi connectivity index (χ0) is 18.3. The maximum absolute atomic E-state index is 12.5. The number of carbonyl (C=O) groups excluding carboxylic acids is 2. The molecule has 0 saturated carbocycles. The number of nitrogens with one attached hydrogen (secondary N) is 1. The highest BCUT2D eigenvalue weighted by Crippen LogP contribution is 2.33. The molecule has 0 aromatic carbocycles. The first-order valence-corrected chi connectivity index (χ1v) is 10.6. The lowest BCUT2D eigenvalue weighted by Crippen LogP contribution is -2.56. The Balaban J connectivity index is 1.26. The van der Waals surface area contributed by atoms with Crippen molar-refractivity contribution < 1.29 is 9.59 Å². The lowest BCUT2D eigenvalue weighted by Gasteiger charge is -2.41. The van der Waals surface area contributed by atoms with Gasteiger partial charge in [-0.2, -0.15) is 0 Å². The van der Waals surface area contributed by atoms with Crippen LogP contribution in [-0.4, -0.2) is 59.8 Å². The molecule has 1 aromatic rings. The first-order chi connectivity index (χ1) is 12.5. The number of amides is 2. The van der Waals surface area contributed by atoms with Gasteiger partial charge in [0.2, 0.25) is 11.8 Å². The maximum Gasteiger partial charge on any atom is 0.232 e. The molecule has 0 spiro atoms. The molecule has 142 valence electrons.